The van der Waals surface area contributed by atoms with E-state index in [2.05, 4.69) is 5.32 Å². The summed E-state index contributed by atoms with van der Waals surface area (Å²) in [6.45, 7) is 1.76. The van der Waals surface area contributed by atoms with E-state index in [9.17, 15) is 13.6 Å². The lowest BCUT2D eigenvalue weighted by atomic mass is 10.1. The van der Waals surface area contributed by atoms with E-state index < -0.39 is 17.5 Å². The minimum absolute atomic E-state index is 0.00696. The van der Waals surface area contributed by atoms with E-state index in [0.717, 1.165) is 5.56 Å². The second-order valence-corrected chi connectivity index (χ2v) is 4.29. The van der Waals surface area contributed by atoms with E-state index >= 15 is 0 Å². The number of aryl methyl sites for hydroxylation is 1. The molecule has 0 heterocycles. The standard InChI is InChI=1S/C15H13F2NO2/c1-9-3-5-12(16)11(7-9)15(19)18-10-4-6-13(17)14(8-10)20-2/h3-8H,1-2H3,(H,18,19). The molecule has 0 radical (unpaired) electrons. The summed E-state index contributed by atoms with van der Waals surface area (Å²) in [6.07, 6.45) is 0. The van der Waals surface area contributed by atoms with Crippen molar-refractivity contribution in [1.29, 1.82) is 0 Å². The number of rotatable bonds is 3. The summed E-state index contributed by atoms with van der Waals surface area (Å²) < 4.78 is 31.7. The molecule has 2 aromatic carbocycles. The number of halogens is 2. The van der Waals surface area contributed by atoms with Gasteiger partial charge in [-0.15, -0.1) is 0 Å². The number of hydrogen-bond acceptors (Lipinski definition) is 2. The first-order chi connectivity index (χ1) is 9.51. The maximum atomic E-state index is 13.6. The van der Waals surface area contributed by atoms with Gasteiger partial charge in [0.05, 0.1) is 12.7 Å². The van der Waals surface area contributed by atoms with E-state index in [4.69, 9.17) is 4.74 Å². The maximum absolute atomic E-state index is 13.6. The first-order valence-corrected chi connectivity index (χ1v) is 5.92. The van der Waals surface area contributed by atoms with Gasteiger partial charge in [-0.05, 0) is 31.2 Å². The van der Waals surface area contributed by atoms with Crippen LogP contribution in [0.15, 0.2) is 36.4 Å². The fourth-order valence-electron chi connectivity index (χ4n) is 1.75. The van der Waals surface area contributed by atoms with Crippen molar-refractivity contribution in [2.75, 3.05) is 12.4 Å². The van der Waals surface area contributed by atoms with Gasteiger partial charge in [-0.2, -0.15) is 0 Å². The van der Waals surface area contributed by atoms with E-state index in [1.807, 2.05) is 0 Å². The number of hydrogen-bond donors (Lipinski definition) is 1. The van der Waals surface area contributed by atoms with E-state index in [0.29, 0.717) is 5.69 Å². The van der Waals surface area contributed by atoms with Crippen molar-refractivity contribution in [1.82, 2.24) is 0 Å². The lowest BCUT2D eigenvalue weighted by molar-refractivity contribution is 0.102. The molecule has 1 N–H and O–H groups in total. The molecule has 0 fully saturated rings. The highest BCUT2D eigenvalue weighted by atomic mass is 19.1. The molecule has 0 saturated heterocycles. The average molecular weight is 277 g/mol. The second-order valence-electron chi connectivity index (χ2n) is 4.29. The topological polar surface area (TPSA) is 38.3 Å². The smallest absolute Gasteiger partial charge is 0.258 e. The van der Waals surface area contributed by atoms with Crippen LogP contribution in [0.3, 0.4) is 0 Å². The molecule has 0 spiro atoms. The molecule has 20 heavy (non-hydrogen) atoms. The van der Waals surface area contributed by atoms with Gasteiger partial charge in [0.15, 0.2) is 11.6 Å². The number of methoxy groups -OCH3 is 1. The second kappa shape index (κ2) is 5.69. The van der Waals surface area contributed by atoms with Crippen molar-refractivity contribution in [2.24, 2.45) is 0 Å². The molecule has 0 unspecified atom stereocenters. The molecule has 0 aliphatic carbocycles. The first kappa shape index (κ1) is 14.0. The van der Waals surface area contributed by atoms with Crippen molar-refractivity contribution < 1.29 is 18.3 Å². The van der Waals surface area contributed by atoms with Crippen LogP contribution >= 0.6 is 0 Å². The summed E-state index contributed by atoms with van der Waals surface area (Å²) in [6, 6.07) is 8.14. The monoisotopic (exact) mass is 277 g/mol. The molecular weight excluding hydrogens is 264 g/mol. The summed E-state index contributed by atoms with van der Waals surface area (Å²) in [5.74, 6) is -1.73. The van der Waals surface area contributed by atoms with E-state index in [1.165, 1.54) is 37.4 Å². The lowest BCUT2D eigenvalue weighted by Gasteiger charge is -2.09. The van der Waals surface area contributed by atoms with Crippen LogP contribution in [0.5, 0.6) is 5.75 Å². The Morgan fingerprint density at radius 1 is 1.10 bits per heavy atom. The fraction of sp³-hybridized carbons (Fsp3) is 0.133. The molecule has 0 aliphatic rings. The molecule has 2 rings (SSSR count). The Labute approximate surface area is 115 Å². The molecule has 3 nitrogen and oxygen atoms in total. The maximum Gasteiger partial charge on any atom is 0.258 e. The van der Waals surface area contributed by atoms with E-state index in [1.54, 1.807) is 13.0 Å². The zero-order valence-corrected chi connectivity index (χ0v) is 11.0. The number of carbonyl (C=O) groups excluding carboxylic acids is 1. The van der Waals surface area contributed by atoms with Crippen molar-refractivity contribution in [3.05, 3.63) is 59.2 Å². The van der Waals surface area contributed by atoms with Crippen molar-refractivity contribution in [2.45, 2.75) is 6.92 Å². The lowest BCUT2D eigenvalue weighted by Crippen LogP contribution is -2.14. The van der Waals surface area contributed by atoms with Gasteiger partial charge in [0.25, 0.3) is 5.91 Å². The Kier molecular flexibility index (Phi) is 3.98. The molecule has 1 amide bonds. The Hall–Kier alpha value is -2.43. The number of amides is 1. The number of anilines is 1. The SMILES string of the molecule is COc1cc(NC(=O)c2cc(C)ccc2F)ccc1F. The number of benzene rings is 2. The molecule has 0 atom stereocenters. The van der Waals surface area contributed by atoms with Crippen molar-refractivity contribution in [3.8, 4) is 5.75 Å². The van der Waals surface area contributed by atoms with Crippen LogP contribution in [-0.4, -0.2) is 13.0 Å². The zero-order valence-electron chi connectivity index (χ0n) is 11.0. The third-order valence-electron chi connectivity index (χ3n) is 2.78. The largest absolute Gasteiger partial charge is 0.494 e. The summed E-state index contributed by atoms with van der Waals surface area (Å²) in [7, 11) is 1.32. The summed E-state index contributed by atoms with van der Waals surface area (Å²) in [5.41, 5.74) is 1.04. The Morgan fingerprint density at radius 3 is 2.50 bits per heavy atom. The molecule has 0 saturated carbocycles. The molecule has 2 aromatic rings. The third kappa shape index (κ3) is 2.93. The Morgan fingerprint density at radius 2 is 1.80 bits per heavy atom. The van der Waals surface area contributed by atoms with Gasteiger partial charge >= 0.3 is 0 Å². The van der Waals surface area contributed by atoms with Gasteiger partial charge in [-0.3, -0.25) is 4.79 Å². The first-order valence-electron chi connectivity index (χ1n) is 5.92. The van der Waals surface area contributed by atoms with Crippen LogP contribution in [0.2, 0.25) is 0 Å². The van der Waals surface area contributed by atoms with Crippen LogP contribution in [0.1, 0.15) is 15.9 Å². The Bertz CT molecular complexity index is 656. The summed E-state index contributed by atoms with van der Waals surface area (Å²) in [5, 5.41) is 2.50. The molecular formula is C15H13F2NO2. The number of nitrogens with one attached hydrogen (secondary N) is 1. The highest BCUT2D eigenvalue weighted by molar-refractivity contribution is 6.04. The minimum Gasteiger partial charge on any atom is -0.494 e. The molecule has 0 aliphatic heterocycles. The van der Waals surface area contributed by atoms with Crippen molar-refractivity contribution in [3.63, 3.8) is 0 Å². The van der Waals surface area contributed by atoms with Gasteiger partial charge in [-0.1, -0.05) is 11.6 Å². The minimum atomic E-state index is -0.609. The van der Waals surface area contributed by atoms with Gasteiger partial charge in [0, 0.05) is 11.8 Å². The fourth-order valence-corrected chi connectivity index (χ4v) is 1.75. The van der Waals surface area contributed by atoms with Gasteiger partial charge in [0.1, 0.15) is 5.82 Å². The van der Waals surface area contributed by atoms with E-state index in [-0.39, 0.29) is 11.3 Å². The Balaban J connectivity index is 2.25. The highest BCUT2D eigenvalue weighted by Crippen LogP contribution is 2.22. The molecule has 0 bridgehead atoms. The summed E-state index contributed by atoms with van der Waals surface area (Å²) in [4.78, 5) is 12.0. The van der Waals surface area contributed by atoms with Gasteiger partial charge in [-0.25, -0.2) is 8.78 Å². The predicted octanol–water partition coefficient (Wildman–Crippen LogP) is 3.53. The number of carbonyl (C=O) groups is 1. The van der Waals surface area contributed by atoms with Crippen LogP contribution in [-0.2, 0) is 0 Å². The predicted molar refractivity (Wildman–Crippen MR) is 72.0 cm³/mol. The average Bonchev–Trinajstić information content (AvgIpc) is 2.43. The third-order valence-corrected chi connectivity index (χ3v) is 2.78. The molecule has 5 heteroatoms. The van der Waals surface area contributed by atoms with Crippen LogP contribution in [0, 0.1) is 18.6 Å². The molecule has 104 valence electrons. The molecule has 0 aromatic heterocycles. The quantitative estimate of drug-likeness (QED) is 0.932. The zero-order chi connectivity index (χ0) is 14.7. The number of ether oxygens (including phenoxy) is 1. The van der Waals surface area contributed by atoms with Crippen LogP contribution < -0.4 is 10.1 Å². The normalized spacial score (nSPS) is 10.2. The van der Waals surface area contributed by atoms with Crippen LogP contribution in [0.25, 0.3) is 0 Å². The van der Waals surface area contributed by atoms with Crippen LogP contribution in [0.4, 0.5) is 14.5 Å². The highest BCUT2D eigenvalue weighted by Gasteiger charge is 2.13. The van der Waals surface area contributed by atoms with Gasteiger partial charge in [0.2, 0.25) is 0 Å². The summed E-state index contributed by atoms with van der Waals surface area (Å²) >= 11 is 0. The van der Waals surface area contributed by atoms with Crippen molar-refractivity contribution >= 4 is 11.6 Å². The van der Waals surface area contributed by atoms with Gasteiger partial charge < -0.3 is 10.1 Å².